The molecule has 0 amide bonds. The quantitative estimate of drug-likeness (QED) is 0.692. The third-order valence-corrected chi connectivity index (χ3v) is 3.88. The molecule has 104 valence electrons. The van der Waals surface area contributed by atoms with Crippen LogP contribution in [0.2, 0.25) is 0 Å². The highest BCUT2D eigenvalue weighted by molar-refractivity contribution is 5.96. The molecule has 2 nitrogen and oxygen atoms in total. The van der Waals surface area contributed by atoms with Crippen molar-refractivity contribution < 1.29 is 9.53 Å². The average molecular weight is 260 g/mol. The van der Waals surface area contributed by atoms with E-state index >= 15 is 0 Å². The van der Waals surface area contributed by atoms with E-state index in [1.165, 1.54) is 5.56 Å². The van der Waals surface area contributed by atoms with E-state index in [0.717, 1.165) is 37.9 Å². The van der Waals surface area contributed by atoms with Crippen LogP contribution in [0.5, 0.6) is 0 Å². The molecule has 0 aromatic heterocycles. The molecule has 1 fully saturated rings. The average Bonchev–Trinajstić information content (AvgIpc) is 2.37. The Balaban J connectivity index is 1.80. The normalized spacial score (nSPS) is 22.0. The van der Waals surface area contributed by atoms with E-state index in [0.29, 0.717) is 18.4 Å². The second-order valence-electron chi connectivity index (χ2n) is 5.49. The molecule has 0 spiro atoms. The Morgan fingerprint density at radius 1 is 1.21 bits per heavy atom. The van der Waals surface area contributed by atoms with Gasteiger partial charge < -0.3 is 4.74 Å². The number of Topliss-reactive ketones (excluding diaryl/α,β-unsaturated/α-hetero) is 1. The van der Waals surface area contributed by atoms with E-state index in [1.807, 2.05) is 19.1 Å². The fraction of sp³-hybridized carbons (Fsp3) is 0.588. The first-order valence-corrected chi connectivity index (χ1v) is 7.46. The van der Waals surface area contributed by atoms with Crippen LogP contribution in [-0.2, 0) is 11.2 Å². The Morgan fingerprint density at radius 3 is 2.47 bits per heavy atom. The lowest BCUT2D eigenvalue weighted by Gasteiger charge is -2.34. The minimum atomic E-state index is 0.281. The maximum atomic E-state index is 12.1. The molecule has 2 heteroatoms. The number of carbonyl (C=O) groups is 1. The van der Waals surface area contributed by atoms with Gasteiger partial charge in [-0.15, -0.1) is 0 Å². The van der Waals surface area contributed by atoms with Gasteiger partial charge in [-0.3, -0.25) is 4.79 Å². The van der Waals surface area contributed by atoms with Gasteiger partial charge in [0.1, 0.15) is 0 Å². The van der Waals surface area contributed by atoms with E-state index in [1.54, 1.807) is 0 Å². The van der Waals surface area contributed by atoms with Crippen molar-refractivity contribution in [2.75, 3.05) is 6.61 Å². The van der Waals surface area contributed by atoms with Gasteiger partial charge in [0.15, 0.2) is 5.78 Å². The van der Waals surface area contributed by atoms with Gasteiger partial charge in [0.2, 0.25) is 0 Å². The van der Waals surface area contributed by atoms with Crippen LogP contribution in [-0.4, -0.2) is 18.5 Å². The number of carbonyl (C=O) groups excluding carboxylic acids is 1. The van der Waals surface area contributed by atoms with Crippen molar-refractivity contribution in [3.63, 3.8) is 0 Å². The Morgan fingerprint density at radius 2 is 1.89 bits per heavy atom. The zero-order valence-corrected chi connectivity index (χ0v) is 12.0. The molecule has 1 aromatic rings. The maximum Gasteiger partial charge on any atom is 0.163 e. The first kappa shape index (κ1) is 14.3. The first-order chi connectivity index (χ1) is 9.22. The predicted molar refractivity (Wildman–Crippen MR) is 77.5 cm³/mol. The summed E-state index contributed by atoms with van der Waals surface area (Å²) in [5.41, 5.74) is 2.18. The number of ketones is 1. The highest BCUT2D eigenvalue weighted by Crippen LogP contribution is 2.33. The van der Waals surface area contributed by atoms with Crippen LogP contribution in [0, 0.1) is 5.92 Å². The maximum absolute atomic E-state index is 12.1. The lowest BCUT2D eigenvalue weighted by atomic mass is 9.78. The summed E-state index contributed by atoms with van der Waals surface area (Å²) in [5.74, 6) is 0.808. The molecule has 2 rings (SSSR count). The molecule has 0 N–H and O–H groups in total. The topological polar surface area (TPSA) is 26.3 Å². The van der Waals surface area contributed by atoms with Gasteiger partial charge in [-0.2, -0.15) is 0 Å². The molecule has 0 bridgehead atoms. The highest BCUT2D eigenvalue weighted by atomic mass is 16.5. The predicted octanol–water partition coefficient (Wildman–Crippen LogP) is 4.03. The van der Waals surface area contributed by atoms with Gasteiger partial charge in [-0.05, 0) is 37.7 Å². The van der Waals surface area contributed by atoms with Crippen molar-refractivity contribution in [3.8, 4) is 0 Å². The van der Waals surface area contributed by atoms with Crippen LogP contribution in [0.15, 0.2) is 24.3 Å². The van der Waals surface area contributed by atoms with Crippen molar-refractivity contribution in [3.05, 3.63) is 35.4 Å². The van der Waals surface area contributed by atoms with Crippen LogP contribution in [0.3, 0.4) is 0 Å². The monoisotopic (exact) mass is 260 g/mol. The van der Waals surface area contributed by atoms with Crippen LogP contribution in [0.25, 0.3) is 0 Å². The fourth-order valence-electron chi connectivity index (χ4n) is 2.74. The first-order valence-electron chi connectivity index (χ1n) is 7.46. The minimum Gasteiger partial charge on any atom is -0.378 e. The Bertz CT molecular complexity index is 402. The van der Waals surface area contributed by atoms with Gasteiger partial charge >= 0.3 is 0 Å². The molecule has 1 aliphatic rings. The van der Waals surface area contributed by atoms with Gasteiger partial charge in [0, 0.05) is 18.6 Å². The minimum absolute atomic E-state index is 0.281. The van der Waals surface area contributed by atoms with Crippen LogP contribution in [0.1, 0.15) is 55.5 Å². The second-order valence-corrected chi connectivity index (χ2v) is 5.49. The summed E-state index contributed by atoms with van der Waals surface area (Å²) in [6.45, 7) is 4.98. The lowest BCUT2D eigenvalue weighted by molar-refractivity contribution is -0.0246. The summed E-state index contributed by atoms with van der Waals surface area (Å²) in [7, 11) is 0. The molecule has 1 saturated carbocycles. The molecule has 0 unspecified atom stereocenters. The summed E-state index contributed by atoms with van der Waals surface area (Å²) >= 11 is 0. The molecule has 1 aromatic carbocycles. The van der Waals surface area contributed by atoms with E-state index in [9.17, 15) is 4.79 Å². The summed E-state index contributed by atoms with van der Waals surface area (Å²) in [5, 5.41) is 0. The number of hydrogen-bond donors (Lipinski definition) is 0. The lowest BCUT2D eigenvalue weighted by Crippen LogP contribution is -2.32. The zero-order chi connectivity index (χ0) is 13.7. The second kappa shape index (κ2) is 6.85. The Kier molecular flexibility index (Phi) is 5.15. The number of aryl methyl sites for hydroxylation is 1. The number of benzene rings is 1. The largest absolute Gasteiger partial charge is 0.378 e. The Hall–Kier alpha value is -1.15. The third-order valence-electron chi connectivity index (χ3n) is 3.88. The Labute approximate surface area is 116 Å². The molecule has 19 heavy (non-hydrogen) atoms. The summed E-state index contributed by atoms with van der Waals surface area (Å²) in [4.78, 5) is 12.1. The van der Waals surface area contributed by atoms with E-state index in [4.69, 9.17) is 4.74 Å². The molecule has 0 saturated heterocycles. The molecular formula is C17H24O2. The molecule has 0 heterocycles. The molecule has 0 radical (unpaired) electrons. The van der Waals surface area contributed by atoms with Crippen LogP contribution < -0.4 is 0 Å². The van der Waals surface area contributed by atoms with Crippen LogP contribution in [0.4, 0.5) is 0 Å². The number of rotatable bonds is 7. The molecule has 0 aliphatic heterocycles. The van der Waals surface area contributed by atoms with Gasteiger partial charge in [0.05, 0.1) is 6.10 Å². The van der Waals surface area contributed by atoms with Gasteiger partial charge in [-0.25, -0.2) is 0 Å². The SMILES string of the molecule is CCCc1ccc(C(=O)CC2CC(OCC)C2)cc1. The third kappa shape index (κ3) is 3.90. The van der Waals surface area contributed by atoms with Crippen molar-refractivity contribution in [2.24, 2.45) is 5.92 Å². The molecular weight excluding hydrogens is 236 g/mol. The van der Waals surface area contributed by atoms with Gasteiger partial charge in [0.25, 0.3) is 0 Å². The van der Waals surface area contributed by atoms with E-state index in [2.05, 4.69) is 19.1 Å². The van der Waals surface area contributed by atoms with Crippen molar-refractivity contribution in [1.82, 2.24) is 0 Å². The van der Waals surface area contributed by atoms with Crippen LogP contribution >= 0.6 is 0 Å². The summed E-state index contributed by atoms with van der Waals surface area (Å²) < 4.78 is 5.53. The molecule has 1 aliphatic carbocycles. The summed E-state index contributed by atoms with van der Waals surface area (Å²) in [6.07, 6.45) is 5.41. The van der Waals surface area contributed by atoms with E-state index < -0.39 is 0 Å². The zero-order valence-electron chi connectivity index (χ0n) is 12.0. The summed E-state index contributed by atoms with van der Waals surface area (Å²) in [6, 6.07) is 8.12. The standard InChI is InChI=1S/C17H24O2/c1-3-5-13-6-8-15(9-7-13)17(18)12-14-10-16(11-14)19-4-2/h6-9,14,16H,3-5,10-12H2,1-2H3. The van der Waals surface area contributed by atoms with E-state index in [-0.39, 0.29) is 5.78 Å². The fourth-order valence-corrected chi connectivity index (χ4v) is 2.74. The van der Waals surface area contributed by atoms with Crippen molar-refractivity contribution >= 4 is 5.78 Å². The molecule has 0 atom stereocenters. The smallest absolute Gasteiger partial charge is 0.163 e. The number of hydrogen-bond acceptors (Lipinski definition) is 2. The van der Waals surface area contributed by atoms with Crippen molar-refractivity contribution in [2.45, 2.75) is 52.1 Å². The highest BCUT2D eigenvalue weighted by Gasteiger charge is 2.31. The number of ether oxygens (including phenoxy) is 1. The van der Waals surface area contributed by atoms with Crippen molar-refractivity contribution in [1.29, 1.82) is 0 Å². The van der Waals surface area contributed by atoms with Gasteiger partial charge in [-0.1, -0.05) is 37.6 Å².